The Hall–Kier alpha value is -2.25. The summed E-state index contributed by atoms with van der Waals surface area (Å²) in [5.74, 6) is -4.07. The van der Waals surface area contributed by atoms with Crippen LogP contribution >= 0.6 is 0 Å². The maximum absolute atomic E-state index is 14.5. The van der Waals surface area contributed by atoms with Crippen molar-refractivity contribution >= 4 is 0 Å². The molecule has 0 N–H and O–H groups in total. The Balaban J connectivity index is 1.65. The van der Waals surface area contributed by atoms with Gasteiger partial charge in [-0.2, -0.15) is 22.0 Å². The number of ether oxygens (including phenoxy) is 1. The van der Waals surface area contributed by atoms with Gasteiger partial charge in [0.25, 0.3) is 0 Å². The monoisotopic (exact) mass is 476 g/mol. The second kappa shape index (κ2) is 10.3. The first kappa shape index (κ1) is 25.4. The average molecular weight is 476 g/mol. The van der Waals surface area contributed by atoms with Crippen LogP contribution in [0.25, 0.3) is 0 Å². The highest BCUT2D eigenvalue weighted by molar-refractivity contribution is 5.34. The lowest BCUT2D eigenvalue weighted by Crippen LogP contribution is -2.22. The quantitative estimate of drug-likeness (QED) is 0.273. The molecule has 1 aliphatic carbocycles. The van der Waals surface area contributed by atoms with Crippen LogP contribution in [0.2, 0.25) is 0 Å². The first-order chi connectivity index (χ1) is 15.5. The van der Waals surface area contributed by atoms with Crippen LogP contribution in [-0.4, -0.2) is 0 Å². The molecule has 8 heteroatoms. The summed E-state index contributed by atoms with van der Waals surface area (Å²) in [5.41, 5.74) is -1.77. The van der Waals surface area contributed by atoms with Crippen LogP contribution in [0, 0.1) is 17.6 Å². The third-order valence-electron chi connectivity index (χ3n) is 6.33. The van der Waals surface area contributed by atoms with Crippen LogP contribution in [0.1, 0.15) is 80.9 Å². The minimum Gasteiger partial charge on any atom is -0.429 e. The summed E-state index contributed by atoms with van der Waals surface area (Å²) in [6, 6.07) is 5.74. The molecule has 0 bridgehead atoms. The molecule has 0 amide bonds. The normalized spacial score (nSPS) is 19.5. The zero-order valence-corrected chi connectivity index (χ0v) is 18.3. The second-order valence-corrected chi connectivity index (χ2v) is 8.71. The molecule has 2 aromatic carbocycles. The molecule has 3 rings (SSSR count). The van der Waals surface area contributed by atoms with Gasteiger partial charge >= 0.3 is 12.3 Å². The van der Waals surface area contributed by atoms with Crippen molar-refractivity contribution in [1.82, 2.24) is 0 Å². The van der Waals surface area contributed by atoms with Crippen molar-refractivity contribution in [1.29, 1.82) is 0 Å². The first-order valence-corrected chi connectivity index (χ1v) is 11.2. The summed E-state index contributed by atoms with van der Waals surface area (Å²) in [4.78, 5) is 0. The van der Waals surface area contributed by atoms with Crippen LogP contribution in [-0.2, 0) is 12.3 Å². The number of benzene rings is 2. The van der Waals surface area contributed by atoms with E-state index in [1.54, 1.807) is 12.1 Å². The molecule has 0 unspecified atom stereocenters. The van der Waals surface area contributed by atoms with Crippen molar-refractivity contribution in [3.63, 3.8) is 0 Å². The van der Waals surface area contributed by atoms with Crippen molar-refractivity contribution < 1.29 is 35.5 Å². The van der Waals surface area contributed by atoms with E-state index in [0.717, 1.165) is 31.2 Å². The number of hydrogen-bond acceptors (Lipinski definition) is 1. The highest BCUT2D eigenvalue weighted by Gasteiger charge is 2.40. The molecule has 0 spiro atoms. The SMILES string of the molecule is CCCCC[C@H]1CC[C@H](c2ccc(C(F)(F)Oc3cc(F)c(C(F)(F)F)c(F)c3)cc2)CC1. The smallest absolute Gasteiger partial charge is 0.426 e. The van der Waals surface area contributed by atoms with Gasteiger partial charge in [-0.05, 0) is 55.2 Å². The summed E-state index contributed by atoms with van der Waals surface area (Å²) in [6.45, 7) is 2.18. The van der Waals surface area contributed by atoms with Gasteiger partial charge in [0.05, 0.1) is 5.56 Å². The fourth-order valence-corrected chi connectivity index (χ4v) is 4.50. The van der Waals surface area contributed by atoms with E-state index in [9.17, 15) is 30.7 Å². The predicted molar refractivity (Wildman–Crippen MR) is 111 cm³/mol. The van der Waals surface area contributed by atoms with Crippen LogP contribution in [0.4, 0.5) is 30.7 Å². The van der Waals surface area contributed by atoms with Crippen molar-refractivity contribution in [3.05, 3.63) is 64.7 Å². The summed E-state index contributed by atoms with van der Waals surface area (Å²) >= 11 is 0. The van der Waals surface area contributed by atoms with Crippen molar-refractivity contribution in [3.8, 4) is 5.75 Å². The van der Waals surface area contributed by atoms with Gasteiger partial charge < -0.3 is 4.74 Å². The number of alkyl halides is 5. The van der Waals surface area contributed by atoms with Crippen LogP contribution < -0.4 is 4.74 Å². The van der Waals surface area contributed by atoms with Crippen molar-refractivity contribution in [2.75, 3.05) is 0 Å². The fourth-order valence-electron chi connectivity index (χ4n) is 4.50. The third-order valence-corrected chi connectivity index (χ3v) is 6.33. The minimum atomic E-state index is -5.29. The Morgan fingerprint density at radius 1 is 0.848 bits per heavy atom. The molecule has 0 aromatic heterocycles. The molecule has 0 aliphatic heterocycles. The van der Waals surface area contributed by atoms with E-state index in [1.165, 1.54) is 37.8 Å². The molecule has 1 saturated carbocycles. The molecular formula is C25H27F7O. The van der Waals surface area contributed by atoms with Crippen molar-refractivity contribution in [2.45, 2.75) is 76.5 Å². The molecule has 2 aromatic rings. The lowest BCUT2D eigenvalue weighted by Gasteiger charge is -2.29. The van der Waals surface area contributed by atoms with Crippen LogP contribution in [0.15, 0.2) is 36.4 Å². The Kier molecular flexibility index (Phi) is 7.96. The largest absolute Gasteiger partial charge is 0.429 e. The number of hydrogen-bond donors (Lipinski definition) is 0. The standard InChI is InChI=1S/C25H27F7O/c1-2-3-4-5-16-6-8-17(9-7-16)18-10-12-19(13-11-18)25(31,32)33-20-14-21(26)23(22(27)15-20)24(28,29)30/h10-17H,2-9H2,1H3/t16-,17-. The predicted octanol–water partition coefficient (Wildman–Crippen LogP) is 8.97. The zero-order valence-electron chi connectivity index (χ0n) is 18.3. The Bertz CT molecular complexity index is 890. The minimum absolute atomic E-state index is 0.104. The Morgan fingerprint density at radius 2 is 1.42 bits per heavy atom. The molecule has 1 fully saturated rings. The van der Waals surface area contributed by atoms with Gasteiger partial charge in [0.1, 0.15) is 22.9 Å². The van der Waals surface area contributed by atoms with E-state index in [0.29, 0.717) is 5.92 Å². The third kappa shape index (κ3) is 6.42. The molecular weight excluding hydrogens is 449 g/mol. The Labute approximate surface area is 188 Å². The molecule has 182 valence electrons. The summed E-state index contributed by atoms with van der Waals surface area (Å²) in [5, 5.41) is 0. The number of unbranched alkanes of at least 4 members (excludes halogenated alkanes) is 2. The molecule has 0 heterocycles. The molecule has 1 aliphatic rings. The maximum atomic E-state index is 14.5. The van der Waals surface area contributed by atoms with E-state index in [1.807, 2.05) is 0 Å². The lowest BCUT2D eigenvalue weighted by atomic mass is 9.77. The molecule has 0 atom stereocenters. The fraction of sp³-hybridized carbons (Fsp3) is 0.520. The molecule has 33 heavy (non-hydrogen) atoms. The summed E-state index contributed by atoms with van der Waals surface area (Å²) in [7, 11) is 0. The van der Waals surface area contributed by atoms with E-state index in [2.05, 4.69) is 11.7 Å². The summed E-state index contributed by atoms with van der Waals surface area (Å²) in [6.07, 6.45) is -0.159. The number of rotatable bonds is 8. The van der Waals surface area contributed by atoms with Gasteiger partial charge in [0.2, 0.25) is 0 Å². The maximum Gasteiger partial charge on any atom is 0.426 e. The molecule has 1 nitrogen and oxygen atoms in total. The van der Waals surface area contributed by atoms with E-state index < -0.39 is 40.8 Å². The Morgan fingerprint density at radius 3 is 1.94 bits per heavy atom. The highest BCUT2D eigenvalue weighted by atomic mass is 19.4. The van der Waals surface area contributed by atoms with Gasteiger partial charge in [-0.1, -0.05) is 44.7 Å². The second-order valence-electron chi connectivity index (χ2n) is 8.71. The average Bonchev–Trinajstić information content (AvgIpc) is 2.73. The number of halogens is 7. The van der Waals surface area contributed by atoms with Gasteiger partial charge in [-0.3, -0.25) is 0 Å². The topological polar surface area (TPSA) is 9.23 Å². The highest BCUT2D eigenvalue weighted by Crippen LogP contribution is 2.40. The van der Waals surface area contributed by atoms with Gasteiger partial charge in [-0.25, -0.2) is 8.78 Å². The van der Waals surface area contributed by atoms with E-state index in [4.69, 9.17) is 0 Å². The lowest BCUT2D eigenvalue weighted by molar-refractivity contribution is -0.185. The van der Waals surface area contributed by atoms with Gasteiger partial charge in [-0.15, -0.1) is 0 Å². The van der Waals surface area contributed by atoms with Gasteiger partial charge in [0, 0.05) is 12.1 Å². The van der Waals surface area contributed by atoms with Crippen LogP contribution in [0.5, 0.6) is 5.75 Å². The van der Waals surface area contributed by atoms with E-state index >= 15 is 0 Å². The van der Waals surface area contributed by atoms with E-state index in [-0.39, 0.29) is 18.1 Å². The van der Waals surface area contributed by atoms with Crippen molar-refractivity contribution in [2.24, 2.45) is 5.92 Å². The van der Waals surface area contributed by atoms with Crippen LogP contribution in [0.3, 0.4) is 0 Å². The van der Waals surface area contributed by atoms with Gasteiger partial charge in [0.15, 0.2) is 0 Å². The first-order valence-electron chi connectivity index (χ1n) is 11.2. The molecule has 0 saturated heterocycles. The zero-order chi connectivity index (χ0) is 24.2. The molecule has 0 radical (unpaired) electrons. The summed E-state index contributed by atoms with van der Waals surface area (Å²) < 4.78 is 98.7.